The molecule has 2 aliphatic rings. The van der Waals surface area contributed by atoms with Gasteiger partial charge in [-0.3, -0.25) is 4.90 Å². The van der Waals surface area contributed by atoms with E-state index in [2.05, 4.69) is 45.0 Å². The molecule has 1 N–H and O–H groups in total. The highest BCUT2D eigenvalue weighted by atomic mass is 35.5. The maximum absolute atomic E-state index is 11.3. The minimum Gasteiger partial charge on any atom is -0.478 e. The Kier molecular flexibility index (Phi) is 9.20. The summed E-state index contributed by atoms with van der Waals surface area (Å²) in [5.74, 6) is -0.883. The zero-order chi connectivity index (χ0) is 24.9. The number of rotatable bonds is 5. The van der Waals surface area contributed by atoms with Crippen molar-refractivity contribution in [3.8, 4) is 0 Å². The van der Waals surface area contributed by atoms with Gasteiger partial charge in [-0.1, -0.05) is 57.0 Å². The number of anilines is 1. The topological polar surface area (TPSA) is 43.8 Å². The van der Waals surface area contributed by atoms with Crippen molar-refractivity contribution in [1.29, 1.82) is 0 Å². The average Bonchev–Trinajstić information content (AvgIpc) is 2.82. The lowest BCUT2D eigenvalue weighted by atomic mass is 9.72. The predicted octanol–water partition coefficient (Wildman–Crippen LogP) is 6.35. The van der Waals surface area contributed by atoms with Crippen molar-refractivity contribution in [2.45, 2.75) is 47.0 Å². The molecule has 4 rings (SSSR count). The van der Waals surface area contributed by atoms with Crippen LogP contribution >= 0.6 is 20.8 Å². The third-order valence-corrected chi connectivity index (χ3v) is 7.53. The summed E-state index contributed by atoms with van der Waals surface area (Å²) < 4.78 is 0. The fraction of sp³-hybridized carbons (Fsp3) is 0.464. The van der Waals surface area contributed by atoms with Gasteiger partial charge in [0.1, 0.15) is 0 Å². The first-order valence-electron chi connectivity index (χ1n) is 12.3. The second-order valence-electron chi connectivity index (χ2n) is 9.77. The number of aromatic carboxylic acids is 1. The molecule has 1 aliphatic heterocycles. The molecule has 1 atom stereocenters. The summed E-state index contributed by atoms with van der Waals surface area (Å²) in [5, 5.41) is 10.8. The number of nitrogens with zero attached hydrogens (tertiary/aromatic N) is 2. The monoisotopic (exact) mass is 500 g/mol. The van der Waals surface area contributed by atoms with E-state index in [0.717, 1.165) is 61.6 Å². The molecule has 0 amide bonds. The summed E-state index contributed by atoms with van der Waals surface area (Å²) in [6, 6.07) is 13.9. The maximum atomic E-state index is 11.3. The van der Waals surface area contributed by atoms with Gasteiger partial charge in [0.05, 0.1) is 5.56 Å². The van der Waals surface area contributed by atoms with E-state index in [1.165, 1.54) is 17.6 Å². The first-order chi connectivity index (χ1) is 16.2. The van der Waals surface area contributed by atoms with Crippen LogP contribution < -0.4 is 10.2 Å². The third kappa shape index (κ3) is 6.62. The molecule has 0 aromatic heterocycles. The van der Waals surface area contributed by atoms with E-state index >= 15 is 0 Å². The van der Waals surface area contributed by atoms with Gasteiger partial charge in [-0.15, -0.1) is 9.24 Å². The van der Waals surface area contributed by atoms with Crippen molar-refractivity contribution in [1.82, 2.24) is 4.90 Å². The van der Waals surface area contributed by atoms with Crippen LogP contribution in [0.2, 0.25) is 5.02 Å². The Hall–Kier alpha value is -1.87. The highest BCUT2D eigenvalue weighted by Gasteiger charge is 2.29. The van der Waals surface area contributed by atoms with Crippen LogP contribution in [0.15, 0.2) is 48.0 Å². The van der Waals surface area contributed by atoms with Gasteiger partial charge >= 0.3 is 5.97 Å². The van der Waals surface area contributed by atoms with Crippen molar-refractivity contribution in [2.24, 2.45) is 5.41 Å². The highest BCUT2D eigenvalue weighted by molar-refractivity contribution is 7.27. The number of halogens is 1. The fourth-order valence-corrected chi connectivity index (χ4v) is 5.36. The molecule has 0 radical (unpaired) electrons. The number of carboxylic acids is 1. The van der Waals surface area contributed by atoms with E-state index in [1.807, 2.05) is 38.1 Å². The molecule has 1 fully saturated rings. The van der Waals surface area contributed by atoms with Gasteiger partial charge in [0, 0.05) is 43.4 Å². The summed E-state index contributed by atoms with van der Waals surface area (Å²) in [5.41, 5.74) is 6.15. The lowest BCUT2D eigenvalue weighted by Gasteiger charge is -2.39. The number of carboxylic acid groups (broad SMARTS) is 1. The van der Waals surface area contributed by atoms with Crippen LogP contribution in [0.1, 0.15) is 62.9 Å². The normalized spacial score (nSPS) is 18.4. The molecular weight excluding hydrogens is 463 g/mol. The van der Waals surface area contributed by atoms with Gasteiger partial charge in [0.15, 0.2) is 0 Å². The van der Waals surface area contributed by atoms with Crippen molar-refractivity contribution < 1.29 is 9.90 Å². The van der Waals surface area contributed by atoms with Crippen LogP contribution in [0.3, 0.4) is 0 Å². The Balaban J connectivity index is 0.00000158. The van der Waals surface area contributed by atoms with Crippen molar-refractivity contribution in [3.05, 3.63) is 64.2 Å². The largest absolute Gasteiger partial charge is 0.478 e. The second-order valence-corrected chi connectivity index (χ2v) is 10.8. The van der Waals surface area contributed by atoms with E-state index < -0.39 is 5.97 Å². The van der Waals surface area contributed by atoms with E-state index in [-0.39, 0.29) is 0 Å². The molecule has 2 aromatic carbocycles. The van der Waals surface area contributed by atoms with Crippen molar-refractivity contribution in [3.63, 3.8) is 0 Å². The number of hydrogen-bond donors (Lipinski definition) is 1. The lowest BCUT2D eigenvalue weighted by Crippen LogP contribution is -2.47. The van der Waals surface area contributed by atoms with Crippen LogP contribution in [-0.4, -0.2) is 48.7 Å². The number of carbonyl (C=O) groups is 1. The lowest BCUT2D eigenvalue weighted by molar-refractivity contribution is 0.0698. The minimum absolute atomic E-state index is 0.329. The summed E-state index contributed by atoms with van der Waals surface area (Å²) in [4.78, 5) is 16.2. The van der Waals surface area contributed by atoms with Gasteiger partial charge < -0.3 is 10.0 Å². The average molecular weight is 501 g/mol. The molecule has 34 heavy (non-hydrogen) atoms. The molecule has 4 nitrogen and oxygen atoms in total. The highest BCUT2D eigenvalue weighted by Crippen LogP contribution is 2.43. The molecule has 0 saturated carbocycles. The molecule has 0 spiro atoms. The number of allylic oxidation sites excluding steroid dienone is 1. The van der Waals surface area contributed by atoms with E-state index in [0.29, 0.717) is 11.0 Å². The number of hydrogen-bond acceptors (Lipinski definition) is 3. The van der Waals surface area contributed by atoms with Gasteiger partial charge in [-0.25, -0.2) is 4.79 Å². The van der Waals surface area contributed by atoms with Crippen LogP contribution in [0.5, 0.6) is 0 Å². The predicted molar refractivity (Wildman–Crippen MR) is 149 cm³/mol. The maximum Gasteiger partial charge on any atom is 0.336 e. The van der Waals surface area contributed by atoms with Crippen molar-refractivity contribution in [2.75, 3.05) is 37.6 Å². The smallest absolute Gasteiger partial charge is 0.336 e. The Labute approximate surface area is 212 Å². The first kappa shape index (κ1) is 26.7. The Bertz CT molecular complexity index is 1030. The zero-order valence-electron chi connectivity index (χ0n) is 20.9. The molecule has 6 heteroatoms. The molecule has 0 bridgehead atoms. The van der Waals surface area contributed by atoms with Gasteiger partial charge in [-0.2, -0.15) is 0 Å². The standard InChI is InChI=1S/C26H32ClN2O2P.C2H6/c1-26(2)10-9-19(23(16-26)18-3-5-20(27)6-4-18)17-28-11-13-29(14-12-28)21-7-8-22(25(30)31)24(32)15-21;1-2/h3-8,15H,9-14,16-17,32H2,1-2H3,(H,30,31);1-2H3. The van der Waals surface area contributed by atoms with Crippen LogP contribution in [0.4, 0.5) is 5.69 Å². The summed E-state index contributed by atoms with van der Waals surface area (Å²) in [7, 11) is 2.55. The van der Waals surface area contributed by atoms with E-state index in [1.54, 1.807) is 11.6 Å². The molecule has 2 aromatic rings. The second kappa shape index (κ2) is 11.7. The minimum atomic E-state index is -0.883. The third-order valence-electron chi connectivity index (χ3n) is 6.80. The molecule has 184 valence electrons. The molecule has 1 heterocycles. The fourth-order valence-electron chi connectivity index (χ4n) is 4.84. The molecule has 1 unspecified atom stereocenters. The van der Waals surface area contributed by atoms with Gasteiger partial charge in [-0.05, 0) is 71.5 Å². The van der Waals surface area contributed by atoms with Crippen LogP contribution in [0, 0.1) is 5.41 Å². The van der Waals surface area contributed by atoms with Gasteiger partial charge in [0.2, 0.25) is 0 Å². The van der Waals surface area contributed by atoms with E-state index in [4.69, 9.17) is 11.6 Å². The first-order valence-corrected chi connectivity index (χ1v) is 13.2. The molecule has 1 saturated heterocycles. The summed E-state index contributed by atoms with van der Waals surface area (Å²) >= 11 is 6.14. The molecular formula is C28H38ClN2O2P. The quantitative estimate of drug-likeness (QED) is 0.486. The summed E-state index contributed by atoms with van der Waals surface area (Å²) in [6.45, 7) is 13.7. The number of benzene rings is 2. The number of piperazine rings is 1. The zero-order valence-corrected chi connectivity index (χ0v) is 22.8. The van der Waals surface area contributed by atoms with Crippen LogP contribution in [-0.2, 0) is 0 Å². The van der Waals surface area contributed by atoms with Gasteiger partial charge in [0.25, 0.3) is 0 Å². The Morgan fingerprint density at radius 3 is 2.29 bits per heavy atom. The SMILES string of the molecule is CC.CC1(C)CCC(CN2CCN(c3ccc(C(=O)O)c(P)c3)CC2)=C(c2ccc(Cl)cc2)C1. The molecule has 1 aliphatic carbocycles. The Morgan fingerprint density at radius 1 is 1.06 bits per heavy atom. The Morgan fingerprint density at radius 2 is 1.71 bits per heavy atom. The van der Waals surface area contributed by atoms with Crippen LogP contribution in [0.25, 0.3) is 5.57 Å². The van der Waals surface area contributed by atoms with Crippen molar-refractivity contribution >= 4 is 43.4 Å². The summed E-state index contributed by atoms with van der Waals surface area (Å²) in [6.07, 6.45) is 3.49. The van der Waals surface area contributed by atoms with E-state index in [9.17, 15) is 9.90 Å².